The summed E-state index contributed by atoms with van der Waals surface area (Å²) in [6.07, 6.45) is -0.484. The van der Waals surface area contributed by atoms with Gasteiger partial charge in [-0.2, -0.15) is 8.42 Å². The maximum Gasteiger partial charge on any atom is 0.265 e. The van der Waals surface area contributed by atoms with Crippen molar-refractivity contribution in [2.75, 3.05) is 13.0 Å². The Morgan fingerprint density at radius 1 is 1.17 bits per heavy atom. The molecule has 126 valence electrons. The Morgan fingerprint density at radius 3 is 2.58 bits per heavy atom. The molecule has 0 radical (unpaired) electrons. The standard InChI is InChI=1S/C16H13ClO6S/c1-24(19,20)23-16(15(18)11-4-2-3-5-12(11)17)10-6-7-13-14(8-10)22-9-21-13/h2-8,16H,9H2,1H3. The van der Waals surface area contributed by atoms with Crippen LogP contribution in [-0.2, 0) is 14.3 Å². The predicted molar refractivity (Wildman–Crippen MR) is 87.0 cm³/mol. The number of carbonyl (C=O) groups is 1. The molecule has 1 atom stereocenters. The van der Waals surface area contributed by atoms with E-state index >= 15 is 0 Å². The normalized spacial score (nSPS) is 14.4. The topological polar surface area (TPSA) is 78.9 Å². The summed E-state index contributed by atoms with van der Waals surface area (Å²) >= 11 is 6.05. The molecule has 0 N–H and O–H groups in total. The summed E-state index contributed by atoms with van der Waals surface area (Å²) in [6.45, 7) is 0.0643. The fraction of sp³-hybridized carbons (Fsp3) is 0.188. The Kier molecular flexibility index (Phi) is 4.49. The van der Waals surface area contributed by atoms with Crippen molar-refractivity contribution in [2.24, 2.45) is 0 Å². The molecule has 0 spiro atoms. The number of carbonyl (C=O) groups excluding carboxylic acids is 1. The monoisotopic (exact) mass is 368 g/mol. The van der Waals surface area contributed by atoms with E-state index < -0.39 is 22.0 Å². The molecule has 1 unspecified atom stereocenters. The van der Waals surface area contributed by atoms with E-state index in [1.807, 2.05) is 0 Å². The number of benzene rings is 2. The second kappa shape index (κ2) is 6.43. The van der Waals surface area contributed by atoms with Gasteiger partial charge in [-0.3, -0.25) is 8.98 Å². The Hall–Kier alpha value is -2.09. The number of hydrogen-bond acceptors (Lipinski definition) is 6. The first-order valence-electron chi connectivity index (χ1n) is 6.92. The van der Waals surface area contributed by atoms with Crippen molar-refractivity contribution >= 4 is 27.5 Å². The van der Waals surface area contributed by atoms with Crippen LogP contribution in [0.1, 0.15) is 22.0 Å². The molecule has 2 aromatic carbocycles. The summed E-state index contributed by atoms with van der Waals surface area (Å²) in [5.41, 5.74) is 0.500. The van der Waals surface area contributed by atoms with Crippen molar-refractivity contribution in [1.82, 2.24) is 0 Å². The largest absolute Gasteiger partial charge is 0.454 e. The van der Waals surface area contributed by atoms with Crippen LogP contribution in [0.2, 0.25) is 5.02 Å². The Balaban J connectivity index is 2.04. The molecule has 0 saturated carbocycles. The minimum Gasteiger partial charge on any atom is -0.454 e. The average molecular weight is 369 g/mol. The van der Waals surface area contributed by atoms with Gasteiger partial charge in [0.05, 0.1) is 11.3 Å². The van der Waals surface area contributed by atoms with E-state index in [2.05, 4.69) is 0 Å². The molecular formula is C16H13ClO6S. The summed E-state index contributed by atoms with van der Waals surface area (Å²) in [5.74, 6) is 0.369. The zero-order valence-electron chi connectivity index (χ0n) is 12.6. The zero-order chi connectivity index (χ0) is 17.3. The third-order valence-electron chi connectivity index (χ3n) is 3.35. The van der Waals surface area contributed by atoms with Gasteiger partial charge in [-0.25, -0.2) is 0 Å². The third kappa shape index (κ3) is 3.53. The highest BCUT2D eigenvalue weighted by Crippen LogP contribution is 2.36. The maximum absolute atomic E-state index is 12.8. The number of ether oxygens (including phenoxy) is 2. The summed E-state index contributed by atoms with van der Waals surface area (Å²) in [6, 6.07) is 11.0. The van der Waals surface area contributed by atoms with Crippen LogP contribution in [0.3, 0.4) is 0 Å². The van der Waals surface area contributed by atoms with E-state index in [9.17, 15) is 13.2 Å². The molecule has 0 amide bonds. The van der Waals surface area contributed by atoms with Gasteiger partial charge in [0, 0.05) is 5.56 Å². The molecule has 0 aromatic heterocycles. The van der Waals surface area contributed by atoms with Crippen molar-refractivity contribution in [2.45, 2.75) is 6.10 Å². The second-order valence-electron chi connectivity index (χ2n) is 5.14. The van der Waals surface area contributed by atoms with Gasteiger partial charge >= 0.3 is 0 Å². The van der Waals surface area contributed by atoms with Crippen molar-refractivity contribution < 1.29 is 26.9 Å². The number of Topliss-reactive ketones (excluding diaryl/α,β-unsaturated/α-hetero) is 1. The van der Waals surface area contributed by atoms with E-state index in [0.29, 0.717) is 17.1 Å². The van der Waals surface area contributed by atoms with Crippen molar-refractivity contribution in [1.29, 1.82) is 0 Å². The molecule has 0 aliphatic carbocycles. The van der Waals surface area contributed by atoms with E-state index in [1.165, 1.54) is 12.1 Å². The molecule has 24 heavy (non-hydrogen) atoms. The molecule has 1 aliphatic heterocycles. The fourth-order valence-electron chi connectivity index (χ4n) is 2.30. The predicted octanol–water partition coefficient (Wildman–Crippen LogP) is 2.97. The number of halogens is 1. The quantitative estimate of drug-likeness (QED) is 0.596. The van der Waals surface area contributed by atoms with Gasteiger partial charge < -0.3 is 9.47 Å². The highest BCUT2D eigenvalue weighted by molar-refractivity contribution is 7.86. The lowest BCUT2D eigenvalue weighted by Gasteiger charge is -2.17. The van der Waals surface area contributed by atoms with Gasteiger partial charge in [-0.05, 0) is 29.8 Å². The first kappa shape index (κ1) is 16.8. The van der Waals surface area contributed by atoms with E-state index in [-0.39, 0.29) is 17.4 Å². The Morgan fingerprint density at radius 2 is 1.88 bits per heavy atom. The summed E-state index contributed by atoms with van der Waals surface area (Å²) in [4.78, 5) is 12.8. The van der Waals surface area contributed by atoms with Gasteiger partial charge in [0.15, 0.2) is 23.4 Å². The lowest BCUT2D eigenvalue weighted by atomic mass is 9.99. The summed E-state index contributed by atoms with van der Waals surface area (Å²) in [5, 5.41) is 0.213. The molecule has 0 fully saturated rings. The fourth-order valence-corrected chi connectivity index (χ4v) is 3.08. The van der Waals surface area contributed by atoms with Crippen molar-refractivity contribution in [3.8, 4) is 11.5 Å². The third-order valence-corrected chi connectivity index (χ3v) is 4.22. The van der Waals surface area contributed by atoms with E-state index in [4.69, 9.17) is 25.3 Å². The second-order valence-corrected chi connectivity index (χ2v) is 7.15. The summed E-state index contributed by atoms with van der Waals surface area (Å²) < 4.78 is 38.7. The number of rotatable bonds is 5. The van der Waals surface area contributed by atoms with Gasteiger partial charge in [0.25, 0.3) is 10.1 Å². The van der Waals surface area contributed by atoms with Crippen LogP contribution in [-0.4, -0.2) is 27.2 Å². The number of hydrogen-bond donors (Lipinski definition) is 0. The highest BCUT2D eigenvalue weighted by Gasteiger charge is 2.29. The van der Waals surface area contributed by atoms with Gasteiger partial charge in [-0.15, -0.1) is 0 Å². The smallest absolute Gasteiger partial charge is 0.265 e. The molecule has 8 heteroatoms. The molecule has 3 rings (SSSR count). The van der Waals surface area contributed by atoms with Gasteiger partial charge in [0.2, 0.25) is 6.79 Å². The van der Waals surface area contributed by atoms with Crippen LogP contribution in [0.25, 0.3) is 0 Å². The van der Waals surface area contributed by atoms with Crippen LogP contribution in [0.15, 0.2) is 42.5 Å². The van der Waals surface area contributed by atoms with Crippen LogP contribution < -0.4 is 9.47 Å². The number of ketones is 1. The van der Waals surface area contributed by atoms with Crippen LogP contribution >= 0.6 is 11.6 Å². The highest BCUT2D eigenvalue weighted by atomic mass is 35.5. The maximum atomic E-state index is 12.8. The molecule has 2 aromatic rings. The van der Waals surface area contributed by atoms with Crippen LogP contribution in [0, 0.1) is 0 Å². The minimum atomic E-state index is -3.89. The van der Waals surface area contributed by atoms with E-state index in [0.717, 1.165) is 6.26 Å². The number of fused-ring (bicyclic) bond motifs is 1. The molecule has 1 heterocycles. The lowest BCUT2D eigenvalue weighted by molar-refractivity contribution is 0.0803. The van der Waals surface area contributed by atoms with Crippen molar-refractivity contribution in [3.05, 3.63) is 58.6 Å². The first-order valence-corrected chi connectivity index (χ1v) is 9.11. The average Bonchev–Trinajstić information content (AvgIpc) is 2.99. The Bertz CT molecular complexity index is 893. The molecule has 0 saturated heterocycles. The first-order chi connectivity index (χ1) is 11.3. The summed E-state index contributed by atoms with van der Waals surface area (Å²) in [7, 11) is -3.89. The molecular weight excluding hydrogens is 356 g/mol. The van der Waals surface area contributed by atoms with Gasteiger partial charge in [0.1, 0.15) is 0 Å². The van der Waals surface area contributed by atoms with Crippen LogP contribution in [0.4, 0.5) is 0 Å². The molecule has 0 bridgehead atoms. The lowest BCUT2D eigenvalue weighted by Crippen LogP contribution is -2.20. The van der Waals surface area contributed by atoms with Crippen molar-refractivity contribution in [3.63, 3.8) is 0 Å². The Labute approximate surface area is 144 Å². The molecule has 1 aliphatic rings. The SMILES string of the molecule is CS(=O)(=O)OC(C(=O)c1ccccc1Cl)c1ccc2c(c1)OCO2. The van der Waals surface area contributed by atoms with Gasteiger partial charge in [-0.1, -0.05) is 29.8 Å². The minimum absolute atomic E-state index is 0.0643. The zero-order valence-corrected chi connectivity index (χ0v) is 14.1. The van der Waals surface area contributed by atoms with Crippen LogP contribution in [0.5, 0.6) is 11.5 Å². The molecule has 6 nitrogen and oxygen atoms in total. The van der Waals surface area contributed by atoms with E-state index in [1.54, 1.807) is 30.3 Å².